The molecule has 0 unspecified atom stereocenters. The highest BCUT2D eigenvalue weighted by Crippen LogP contribution is 2.21. The van der Waals surface area contributed by atoms with Crippen LogP contribution in [0.3, 0.4) is 0 Å². The van der Waals surface area contributed by atoms with E-state index in [0.29, 0.717) is 42.4 Å². The lowest BCUT2D eigenvalue weighted by molar-refractivity contribution is -0.118. The van der Waals surface area contributed by atoms with Gasteiger partial charge in [0.05, 0.1) is 25.5 Å². The zero-order valence-corrected chi connectivity index (χ0v) is 21.7. The van der Waals surface area contributed by atoms with Crippen LogP contribution in [0.1, 0.15) is 44.0 Å². The number of carbonyl (C=O) groups is 2. The van der Waals surface area contributed by atoms with Crippen LogP contribution in [-0.4, -0.2) is 74.0 Å². The maximum atomic E-state index is 13.4. The molecule has 0 fully saturated rings. The summed E-state index contributed by atoms with van der Waals surface area (Å²) in [5, 5.41) is 3.03. The molecule has 0 aliphatic carbocycles. The molecule has 1 atom stereocenters. The fourth-order valence-corrected chi connectivity index (χ4v) is 3.73. The van der Waals surface area contributed by atoms with Gasteiger partial charge in [-0.25, -0.2) is 0 Å². The van der Waals surface area contributed by atoms with Crippen LogP contribution in [0.4, 0.5) is 0 Å². The number of ether oxygens (including phenoxy) is 2. The summed E-state index contributed by atoms with van der Waals surface area (Å²) in [7, 11) is 6.68. The third-order valence-electron chi connectivity index (χ3n) is 5.90. The van der Waals surface area contributed by atoms with Gasteiger partial charge in [-0.15, -0.1) is 0 Å². The Bertz CT molecular complexity index is 978. The largest absolute Gasteiger partial charge is 0.481 e. The number of rotatable bonds is 13. The number of amides is 2. The first-order valence-corrected chi connectivity index (χ1v) is 11.9. The highest BCUT2D eigenvalue weighted by atomic mass is 16.5. The third kappa shape index (κ3) is 8.02. The minimum absolute atomic E-state index is 0. The Kier molecular flexibility index (Phi) is 11.1. The summed E-state index contributed by atoms with van der Waals surface area (Å²) in [6, 6.07) is 13.1. The molecule has 1 N–H and O–H groups in total. The van der Waals surface area contributed by atoms with Crippen molar-refractivity contribution in [2.45, 2.75) is 39.2 Å². The van der Waals surface area contributed by atoms with Crippen LogP contribution in [0, 0.1) is 0 Å². The van der Waals surface area contributed by atoms with Crippen LogP contribution in [0.25, 0.3) is 0 Å². The van der Waals surface area contributed by atoms with Gasteiger partial charge in [-0.05, 0) is 31.7 Å². The summed E-state index contributed by atoms with van der Waals surface area (Å²) in [5.74, 6) is 0.340. The molecule has 0 radical (unpaired) electrons. The van der Waals surface area contributed by atoms with Gasteiger partial charge in [0.1, 0.15) is 0 Å². The summed E-state index contributed by atoms with van der Waals surface area (Å²) >= 11 is 0. The van der Waals surface area contributed by atoms with Crippen LogP contribution < -0.4 is 14.8 Å². The van der Waals surface area contributed by atoms with E-state index in [1.54, 1.807) is 24.1 Å². The van der Waals surface area contributed by atoms with Crippen molar-refractivity contribution < 1.29 is 20.5 Å². The predicted molar refractivity (Wildman–Crippen MR) is 140 cm³/mol. The van der Waals surface area contributed by atoms with Gasteiger partial charge in [0.25, 0.3) is 11.8 Å². The van der Waals surface area contributed by atoms with E-state index in [-0.39, 0.29) is 19.3 Å². The monoisotopic (exact) mass is 484 g/mol. The fourth-order valence-electron chi connectivity index (χ4n) is 3.73. The highest BCUT2D eigenvalue weighted by molar-refractivity contribution is 5.95. The molecule has 0 bridgehead atoms. The molecule has 0 saturated carbocycles. The number of carbonyl (C=O) groups excluding carboxylic acids is 2. The van der Waals surface area contributed by atoms with E-state index in [2.05, 4.69) is 10.3 Å². The van der Waals surface area contributed by atoms with Crippen molar-refractivity contribution in [1.29, 1.82) is 0 Å². The first kappa shape index (κ1) is 27.7. The molecule has 0 aliphatic rings. The number of nitrogens with zero attached hydrogens (tertiary/aromatic N) is 3. The Balaban J connectivity index is 0.00000648. The summed E-state index contributed by atoms with van der Waals surface area (Å²) in [5.41, 5.74) is 2.21. The normalized spacial score (nSPS) is 12.0. The molecular weight excluding hydrogens is 444 g/mol. The van der Waals surface area contributed by atoms with E-state index in [4.69, 9.17) is 9.47 Å². The zero-order valence-electron chi connectivity index (χ0n) is 21.7. The third-order valence-corrected chi connectivity index (χ3v) is 5.90. The summed E-state index contributed by atoms with van der Waals surface area (Å²) in [6.07, 6.45) is 3.96. The SMILES string of the molecule is CC/C=C(/C(=O)NCC[C@H](Cc1ccccc1)N(C)C(=O)c1cc(OC)nc(OC)c1)N(C)CC.[HH]. The number of allylic oxidation sites excluding steroid dienone is 1. The van der Waals surface area contributed by atoms with E-state index < -0.39 is 0 Å². The van der Waals surface area contributed by atoms with Crippen LogP contribution in [0.15, 0.2) is 54.2 Å². The molecule has 35 heavy (non-hydrogen) atoms. The van der Waals surface area contributed by atoms with Gasteiger partial charge in [-0.2, -0.15) is 4.98 Å². The lowest BCUT2D eigenvalue weighted by atomic mass is 10.0. The van der Waals surface area contributed by atoms with E-state index in [1.165, 1.54) is 14.2 Å². The van der Waals surface area contributed by atoms with Crippen molar-refractivity contribution in [3.8, 4) is 11.8 Å². The molecule has 192 valence electrons. The van der Waals surface area contributed by atoms with Gasteiger partial charge in [-0.1, -0.05) is 43.3 Å². The second-order valence-electron chi connectivity index (χ2n) is 8.26. The molecule has 0 spiro atoms. The van der Waals surface area contributed by atoms with E-state index in [9.17, 15) is 9.59 Å². The number of hydrogen-bond acceptors (Lipinski definition) is 6. The highest BCUT2D eigenvalue weighted by Gasteiger charge is 2.23. The minimum atomic E-state index is -0.173. The number of aromatic nitrogens is 1. The lowest BCUT2D eigenvalue weighted by Crippen LogP contribution is -2.41. The van der Waals surface area contributed by atoms with Gasteiger partial charge in [0.15, 0.2) is 0 Å². The smallest absolute Gasteiger partial charge is 0.267 e. The Hall–Kier alpha value is -3.55. The molecule has 8 heteroatoms. The molecule has 0 aliphatic heterocycles. The first-order valence-electron chi connectivity index (χ1n) is 11.9. The standard InChI is InChI=1S/C27H38N4O4.H2/c1-7-12-23(30(3)8-2)26(32)28-16-15-22(17-20-13-10-9-11-14-20)31(4)27(33)21-18-24(34-5)29-25(19-21)35-6;/h9-14,18-19,22H,7-8,15-17H2,1-6H3,(H,28,32);1H/b23-12-;/t22-;/m1./s1. The number of likely N-dealkylation sites (N-methyl/N-ethyl adjacent to an activating group) is 2. The van der Waals surface area contributed by atoms with Crippen molar-refractivity contribution in [3.05, 3.63) is 65.4 Å². The lowest BCUT2D eigenvalue weighted by Gasteiger charge is -2.29. The molecule has 1 heterocycles. The number of pyridine rings is 1. The van der Waals surface area contributed by atoms with E-state index >= 15 is 0 Å². The summed E-state index contributed by atoms with van der Waals surface area (Å²) in [6.45, 7) is 5.20. The summed E-state index contributed by atoms with van der Waals surface area (Å²) < 4.78 is 10.5. The molecule has 0 saturated heterocycles. The maximum Gasteiger partial charge on any atom is 0.267 e. The molecule has 1 aromatic carbocycles. The Morgan fingerprint density at radius 2 is 1.71 bits per heavy atom. The van der Waals surface area contributed by atoms with Crippen LogP contribution in [0.5, 0.6) is 11.8 Å². The Morgan fingerprint density at radius 3 is 2.26 bits per heavy atom. The number of hydrogen-bond donors (Lipinski definition) is 1. The fraction of sp³-hybridized carbons (Fsp3) is 0.444. The van der Waals surface area contributed by atoms with Crippen molar-refractivity contribution in [2.24, 2.45) is 0 Å². The summed E-state index contributed by atoms with van der Waals surface area (Å²) in [4.78, 5) is 34.0. The minimum Gasteiger partial charge on any atom is -0.481 e. The average molecular weight is 485 g/mol. The van der Waals surface area contributed by atoms with Crippen LogP contribution in [-0.2, 0) is 11.2 Å². The zero-order chi connectivity index (χ0) is 25.8. The second-order valence-corrected chi connectivity index (χ2v) is 8.26. The molecular formula is C27H40N4O4. The first-order chi connectivity index (χ1) is 16.8. The van der Waals surface area contributed by atoms with Crippen molar-refractivity contribution in [2.75, 3.05) is 41.4 Å². The van der Waals surface area contributed by atoms with Crippen molar-refractivity contribution in [1.82, 2.24) is 20.1 Å². The maximum absolute atomic E-state index is 13.4. The van der Waals surface area contributed by atoms with Gasteiger partial charge in [0.2, 0.25) is 11.8 Å². The van der Waals surface area contributed by atoms with Crippen LogP contribution in [0.2, 0.25) is 0 Å². The molecule has 8 nitrogen and oxygen atoms in total. The number of methoxy groups -OCH3 is 2. The van der Waals surface area contributed by atoms with Gasteiger partial charge < -0.3 is 24.6 Å². The quantitative estimate of drug-likeness (QED) is 0.436. The van der Waals surface area contributed by atoms with E-state index in [0.717, 1.165) is 18.5 Å². The average Bonchev–Trinajstić information content (AvgIpc) is 2.89. The van der Waals surface area contributed by atoms with Gasteiger partial charge >= 0.3 is 0 Å². The topological polar surface area (TPSA) is 84.0 Å². The predicted octanol–water partition coefficient (Wildman–Crippen LogP) is 3.78. The van der Waals surface area contributed by atoms with Gasteiger partial charge in [0, 0.05) is 46.8 Å². The Labute approximate surface area is 210 Å². The number of benzene rings is 1. The van der Waals surface area contributed by atoms with Gasteiger partial charge in [-0.3, -0.25) is 9.59 Å². The Morgan fingerprint density at radius 1 is 1.09 bits per heavy atom. The molecule has 2 aromatic rings. The second kappa shape index (κ2) is 14.0. The van der Waals surface area contributed by atoms with Crippen LogP contribution >= 0.6 is 0 Å². The molecule has 2 rings (SSSR count). The number of nitrogens with one attached hydrogen (secondary N) is 1. The molecule has 2 amide bonds. The van der Waals surface area contributed by atoms with Crippen molar-refractivity contribution >= 4 is 11.8 Å². The van der Waals surface area contributed by atoms with Crippen molar-refractivity contribution in [3.63, 3.8) is 0 Å². The molecule has 1 aromatic heterocycles. The van der Waals surface area contributed by atoms with E-state index in [1.807, 2.05) is 62.2 Å².